The first kappa shape index (κ1) is 16.2. The highest BCUT2D eigenvalue weighted by Gasteiger charge is 2.05. The first-order valence-electron chi connectivity index (χ1n) is 8.01. The number of nitrogens with one attached hydrogen (secondary N) is 1. The van der Waals surface area contributed by atoms with Crippen LogP contribution in [-0.2, 0) is 6.54 Å². The minimum Gasteiger partial charge on any atom is -0.494 e. The summed E-state index contributed by atoms with van der Waals surface area (Å²) in [5.74, 6) is 1.84. The summed E-state index contributed by atoms with van der Waals surface area (Å²) in [4.78, 5) is 0. The van der Waals surface area contributed by atoms with Crippen molar-refractivity contribution >= 4 is 5.69 Å². The second-order valence-electron chi connectivity index (χ2n) is 5.09. The van der Waals surface area contributed by atoms with Gasteiger partial charge in [0.05, 0.1) is 18.9 Å². The Hall–Kier alpha value is -2.16. The molecule has 2 rings (SSSR count). The lowest BCUT2D eigenvalue weighted by Crippen LogP contribution is -2.05. The van der Waals surface area contributed by atoms with Gasteiger partial charge in [-0.25, -0.2) is 0 Å². The first-order chi connectivity index (χ1) is 10.8. The molecule has 0 unspecified atom stereocenters. The summed E-state index contributed by atoms with van der Waals surface area (Å²) in [5.41, 5.74) is 2.16. The van der Waals surface area contributed by atoms with E-state index in [2.05, 4.69) is 18.3 Å². The molecule has 0 saturated carbocycles. The topological polar surface area (TPSA) is 30.5 Å². The molecule has 0 aliphatic heterocycles. The van der Waals surface area contributed by atoms with Crippen LogP contribution >= 0.6 is 0 Å². The molecule has 0 spiro atoms. The van der Waals surface area contributed by atoms with Crippen LogP contribution in [0.2, 0.25) is 0 Å². The van der Waals surface area contributed by atoms with E-state index in [0.717, 1.165) is 42.2 Å². The summed E-state index contributed by atoms with van der Waals surface area (Å²) in [6, 6.07) is 16.2. The smallest absolute Gasteiger partial charge is 0.142 e. The van der Waals surface area contributed by atoms with Gasteiger partial charge in [0.25, 0.3) is 0 Å². The van der Waals surface area contributed by atoms with Gasteiger partial charge in [-0.3, -0.25) is 0 Å². The number of ether oxygens (including phenoxy) is 2. The average Bonchev–Trinajstić information content (AvgIpc) is 2.56. The molecule has 2 aromatic rings. The molecule has 2 aromatic carbocycles. The zero-order valence-corrected chi connectivity index (χ0v) is 13.5. The largest absolute Gasteiger partial charge is 0.494 e. The molecule has 0 aliphatic carbocycles. The minimum atomic E-state index is 0.674. The van der Waals surface area contributed by atoms with Gasteiger partial charge in [0.2, 0.25) is 0 Å². The molecule has 1 N–H and O–H groups in total. The second kappa shape index (κ2) is 8.98. The number of hydrogen-bond donors (Lipinski definition) is 1. The summed E-state index contributed by atoms with van der Waals surface area (Å²) in [6.07, 6.45) is 2.21. The highest BCUT2D eigenvalue weighted by Crippen LogP contribution is 2.26. The molecule has 0 amide bonds. The highest BCUT2D eigenvalue weighted by atomic mass is 16.5. The van der Waals surface area contributed by atoms with Crippen LogP contribution in [0.25, 0.3) is 0 Å². The second-order valence-corrected chi connectivity index (χ2v) is 5.09. The Bertz CT molecular complexity index is 569. The van der Waals surface area contributed by atoms with E-state index < -0.39 is 0 Å². The molecule has 0 atom stereocenters. The fraction of sp³-hybridized carbons (Fsp3) is 0.368. The van der Waals surface area contributed by atoms with Crippen molar-refractivity contribution in [2.75, 3.05) is 18.5 Å². The third kappa shape index (κ3) is 4.69. The van der Waals surface area contributed by atoms with Gasteiger partial charge in [-0.15, -0.1) is 0 Å². The Morgan fingerprint density at radius 2 is 1.59 bits per heavy atom. The van der Waals surface area contributed by atoms with E-state index in [1.807, 2.05) is 49.4 Å². The van der Waals surface area contributed by atoms with Crippen LogP contribution in [0.4, 0.5) is 5.69 Å². The summed E-state index contributed by atoms with van der Waals surface area (Å²) in [6.45, 7) is 6.31. The summed E-state index contributed by atoms with van der Waals surface area (Å²) >= 11 is 0. The van der Waals surface area contributed by atoms with Crippen LogP contribution in [0, 0.1) is 0 Å². The Morgan fingerprint density at radius 3 is 2.36 bits per heavy atom. The van der Waals surface area contributed by atoms with Crippen LogP contribution in [-0.4, -0.2) is 13.2 Å². The van der Waals surface area contributed by atoms with E-state index in [4.69, 9.17) is 9.47 Å². The molecular formula is C19H25NO2. The minimum absolute atomic E-state index is 0.674. The van der Waals surface area contributed by atoms with Gasteiger partial charge < -0.3 is 14.8 Å². The summed E-state index contributed by atoms with van der Waals surface area (Å²) in [7, 11) is 0. The van der Waals surface area contributed by atoms with Gasteiger partial charge in [-0.1, -0.05) is 43.7 Å². The molecule has 0 fully saturated rings. The van der Waals surface area contributed by atoms with Crippen LogP contribution < -0.4 is 14.8 Å². The standard InChI is InChI=1S/C19H25NO2/c1-3-5-14-22-19-13-9-7-11-17(19)20-15-16-10-6-8-12-18(16)21-4-2/h6-13,20H,3-5,14-15H2,1-2H3. The molecule has 0 saturated heterocycles. The van der Waals surface area contributed by atoms with E-state index in [1.165, 1.54) is 0 Å². The number of anilines is 1. The van der Waals surface area contributed by atoms with Crippen LogP contribution in [0.5, 0.6) is 11.5 Å². The van der Waals surface area contributed by atoms with E-state index in [-0.39, 0.29) is 0 Å². The highest BCUT2D eigenvalue weighted by molar-refractivity contribution is 5.56. The third-order valence-electron chi connectivity index (χ3n) is 3.38. The molecular weight excluding hydrogens is 274 g/mol. The maximum atomic E-state index is 5.85. The number of rotatable bonds is 9. The van der Waals surface area contributed by atoms with E-state index in [9.17, 15) is 0 Å². The zero-order chi connectivity index (χ0) is 15.6. The van der Waals surface area contributed by atoms with Crippen molar-refractivity contribution in [2.45, 2.75) is 33.2 Å². The van der Waals surface area contributed by atoms with E-state index in [1.54, 1.807) is 0 Å². The molecule has 22 heavy (non-hydrogen) atoms. The predicted molar refractivity (Wildman–Crippen MR) is 91.8 cm³/mol. The zero-order valence-electron chi connectivity index (χ0n) is 13.5. The molecule has 0 heterocycles. The fourth-order valence-electron chi connectivity index (χ4n) is 2.20. The number of hydrogen-bond acceptors (Lipinski definition) is 3. The molecule has 0 aliphatic rings. The normalized spacial score (nSPS) is 10.3. The predicted octanol–water partition coefficient (Wildman–Crippen LogP) is 4.88. The summed E-state index contributed by atoms with van der Waals surface area (Å²) in [5, 5.41) is 3.45. The Kier molecular flexibility index (Phi) is 6.62. The van der Waals surface area contributed by atoms with Crippen LogP contribution in [0.15, 0.2) is 48.5 Å². The maximum absolute atomic E-state index is 5.85. The van der Waals surface area contributed by atoms with Gasteiger partial charge >= 0.3 is 0 Å². The molecule has 0 aromatic heterocycles. The summed E-state index contributed by atoms with van der Waals surface area (Å²) < 4.78 is 11.5. The lowest BCUT2D eigenvalue weighted by Gasteiger charge is -2.15. The van der Waals surface area contributed by atoms with Crippen LogP contribution in [0.1, 0.15) is 32.3 Å². The molecule has 0 bridgehead atoms. The third-order valence-corrected chi connectivity index (χ3v) is 3.38. The van der Waals surface area contributed by atoms with Gasteiger partial charge in [0.1, 0.15) is 11.5 Å². The SMILES string of the molecule is CCCCOc1ccccc1NCc1ccccc1OCC. The van der Waals surface area contributed by atoms with E-state index >= 15 is 0 Å². The Balaban J connectivity index is 2.02. The van der Waals surface area contributed by atoms with Crippen molar-refractivity contribution in [3.8, 4) is 11.5 Å². The molecule has 3 heteroatoms. The van der Waals surface area contributed by atoms with Gasteiger partial charge in [-0.2, -0.15) is 0 Å². The van der Waals surface area contributed by atoms with Crippen molar-refractivity contribution in [1.82, 2.24) is 0 Å². The van der Waals surface area contributed by atoms with Crippen molar-refractivity contribution in [1.29, 1.82) is 0 Å². The number of unbranched alkanes of at least 4 members (excludes halogenated alkanes) is 1. The average molecular weight is 299 g/mol. The Labute approximate surface area is 133 Å². The quantitative estimate of drug-likeness (QED) is 0.670. The van der Waals surface area contributed by atoms with Gasteiger partial charge in [0.15, 0.2) is 0 Å². The number of para-hydroxylation sites is 3. The monoisotopic (exact) mass is 299 g/mol. The molecule has 3 nitrogen and oxygen atoms in total. The lowest BCUT2D eigenvalue weighted by molar-refractivity contribution is 0.310. The van der Waals surface area contributed by atoms with Gasteiger partial charge in [0, 0.05) is 12.1 Å². The molecule has 0 radical (unpaired) electrons. The van der Waals surface area contributed by atoms with Gasteiger partial charge in [-0.05, 0) is 31.5 Å². The Morgan fingerprint density at radius 1 is 0.864 bits per heavy atom. The molecule has 118 valence electrons. The maximum Gasteiger partial charge on any atom is 0.142 e. The lowest BCUT2D eigenvalue weighted by atomic mass is 10.2. The van der Waals surface area contributed by atoms with Crippen molar-refractivity contribution in [2.24, 2.45) is 0 Å². The van der Waals surface area contributed by atoms with E-state index in [0.29, 0.717) is 13.2 Å². The van der Waals surface area contributed by atoms with Crippen molar-refractivity contribution < 1.29 is 9.47 Å². The van der Waals surface area contributed by atoms with Crippen molar-refractivity contribution in [3.05, 3.63) is 54.1 Å². The van der Waals surface area contributed by atoms with Crippen molar-refractivity contribution in [3.63, 3.8) is 0 Å². The van der Waals surface area contributed by atoms with Crippen LogP contribution in [0.3, 0.4) is 0 Å². The number of benzene rings is 2. The fourth-order valence-corrected chi connectivity index (χ4v) is 2.20. The first-order valence-corrected chi connectivity index (χ1v) is 8.01.